The van der Waals surface area contributed by atoms with Crippen molar-refractivity contribution in [3.05, 3.63) is 59.2 Å². The largest absolute Gasteiger partial charge is 0.382 e. The van der Waals surface area contributed by atoms with Crippen LogP contribution in [0.2, 0.25) is 5.02 Å². The summed E-state index contributed by atoms with van der Waals surface area (Å²) in [4.78, 5) is 9.60. The second kappa shape index (κ2) is 9.90. The molecular formula is C23H30ClN3O2. The number of benzene rings is 1. The lowest BCUT2D eigenvalue weighted by Crippen LogP contribution is -2.58. The number of halogens is 1. The van der Waals surface area contributed by atoms with Crippen molar-refractivity contribution < 1.29 is 9.47 Å². The van der Waals surface area contributed by atoms with Gasteiger partial charge in [0.1, 0.15) is 5.82 Å². The molecule has 4 rings (SSSR count). The molecule has 1 unspecified atom stereocenters. The molecule has 2 aliphatic heterocycles. The highest BCUT2D eigenvalue weighted by Gasteiger charge is 2.35. The molecular weight excluding hydrogens is 386 g/mol. The van der Waals surface area contributed by atoms with Crippen molar-refractivity contribution in [2.75, 3.05) is 44.9 Å². The van der Waals surface area contributed by atoms with Crippen LogP contribution in [0.25, 0.3) is 0 Å². The third-order valence-corrected chi connectivity index (χ3v) is 6.30. The first-order valence-electron chi connectivity index (χ1n) is 10.5. The number of morpholine rings is 1. The normalized spacial score (nSPS) is 24.0. The van der Waals surface area contributed by atoms with E-state index in [4.69, 9.17) is 21.1 Å². The Labute approximate surface area is 178 Å². The van der Waals surface area contributed by atoms with E-state index in [1.54, 1.807) is 7.11 Å². The second-order valence-electron chi connectivity index (χ2n) is 8.00. The number of piperidine rings is 1. The van der Waals surface area contributed by atoms with Crippen molar-refractivity contribution in [3.8, 4) is 0 Å². The van der Waals surface area contributed by atoms with E-state index in [9.17, 15) is 0 Å². The van der Waals surface area contributed by atoms with E-state index in [0.717, 1.165) is 56.3 Å². The van der Waals surface area contributed by atoms with Crippen LogP contribution in [0.15, 0.2) is 48.7 Å². The molecule has 2 atom stereocenters. The predicted octanol–water partition coefficient (Wildman–Crippen LogP) is 3.66. The van der Waals surface area contributed by atoms with Gasteiger partial charge in [-0.1, -0.05) is 29.8 Å². The molecule has 29 heavy (non-hydrogen) atoms. The summed E-state index contributed by atoms with van der Waals surface area (Å²) in [6, 6.07) is 15.3. The smallest absolute Gasteiger partial charge is 0.128 e. The van der Waals surface area contributed by atoms with Crippen molar-refractivity contribution in [1.29, 1.82) is 0 Å². The third kappa shape index (κ3) is 5.28. The fraction of sp³-hybridized carbons (Fsp3) is 0.522. The highest BCUT2D eigenvalue weighted by atomic mass is 35.5. The van der Waals surface area contributed by atoms with Crippen molar-refractivity contribution in [2.45, 2.75) is 37.5 Å². The first-order valence-corrected chi connectivity index (χ1v) is 10.9. The standard InChI is InChI=1S/C23H30ClN3O2/c1-28-17-22-15-27(21(16-29-22)14-18-5-7-19(24)8-6-18)20-9-12-26(13-10-20)23-4-2-3-11-25-23/h2-8,11,20-22H,9-10,12-17H2,1H3/t21-,22?/m0/s1. The molecule has 0 amide bonds. The van der Waals surface area contributed by atoms with Gasteiger partial charge in [-0.2, -0.15) is 0 Å². The number of ether oxygens (including phenoxy) is 2. The number of hydrogen-bond donors (Lipinski definition) is 0. The van der Waals surface area contributed by atoms with Crippen molar-refractivity contribution >= 4 is 17.4 Å². The molecule has 6 heteroatoms. The van der Waals surface area contributed by atoms with E-state index >= 15 is 0 Å². The monoisotopic (exact) mass is 415 g/mol. The molecule has 0 aliphatic carbocycles. The minimum absolute atomic E-state index is 0.148. The number of anilines is 1. The van der Waals surface area contributed by atoms with Gasteiger partial charge in [-0.15, -0.1) is 0 Å². The van der Waals surface area contributed by atoms with Crippen LogP contribution < -0.4 is 4.90 Å². The highest BCUT2D eigenvalue weighted by molar-refractivity contribution is 6.30. The second-order valence-corrected chi connectivity index (χ2v) is 8.43. The van der Waals surface area contributed by atoms with Gasteiger partial charge in [-0.05, 0) is 49.1 Å². The molecule has 0 saturated carbocycles. The lowest BCUT2D eigenvalue weighted by Gasteiger charge is -2.47. The van der Waals surface area contributed by atoms with Gasteiger partial charge < -0.3 is 14.4 Å². The molecule has 0 radical (unpaired) electrons. The van der Waals surface area contributed by atoms with E-state index in [-0.39, 0.29) is 6.10 Å². The van der Waals surface area contributed by atoms with Crippen LogP contribution in [0, 0.1) is 0 Å². The van der Waals surface area contributed by atoms with Gasteiger partial charge >= 0.3 is 0 Å². The van der Waals surface area contributed by atoms with Gasteiger partial charge in [0.2, 0.25) is 0 Å². The summed E-state index contributed by atoms with van der Waals surface area (Å²) >= 11 is 6.06. The highest BCUT2D eigenvalue weighted by Crippen LogP contribution is 2.27. The molecule has 1 aromatic heterocycles. The fourth-order valence-corrected chi connectivity index (χ4v) is 4.68. The number of nitrogens with zero attached hydrogens (tertiary/aromatic N) is 3. The van der Waals surface area contributed by atoms with Gasteiger partial charge in [0, 0.05) is 50.0 Å². The maximum Gasteiger partial charge on any atom is 0.128 e. The van der Waals surface area contributed by atoms with Crippen molar-refractivity contribution in [1.82, 2.24) is 9.88 Å². The Morgan fingerprint density at radius 1 is 1.14 bits per heavy atom. The summed E-state index contributed by atoms with van der Waals surface area (Å²) in [6.07, 6.45) is 5.30. The van der Waals surface area contributed by atoms with Gasteiger partial charge in [-0.3, -0.25) is 4.90 Å². The summed E-state index contributed by atoms with van der Waals surface area (Å²) < 4.78 is 11.5. The molecule has 0 spiro atoms. The Kier molecular flexibility index (Phi) is 7.03. The lowest BCUT2D eigenvalue weighted by molar-refractivity contribution is -0.103. The molecule has 3 heterocycles. The molecule has 2 aromatic rings. The average Bonchev–Trinajstić information content (AvgIpc) is 2.77. The van der Waals surface area contributed by atoms with Crippen LogP contribution in [-0.4, -0.2) is 68.0 Å². The van der Waals surface area contributed by atoms with E-state index in [1.165, 1.54) is 5.56 Å². The molecule has 0 N–H and O–H groups in total. The third-order valence-electron chi connectivity index (χ3n) is 6.05. The zero-order valence-electron chi connectivity index (χ0n) is 17.0. The Hall–Kier alpha value is -1.66. The molecule has 156 valence electrons. The molecule has 0 bridgehead atoms. The topological polar surface area (TPSA) is 37.8 Å². The molecule has 1 aromatic carbocycles. The van der Waals surface area contributed by atoms with Crippen LogP contribution in [0.5, 0.6) is 0 Å². The summed E-state index contributed by atoms with van der Waals surface area (Å²) in [5.74, 6) is 1.09. The predicted molar refractivity (Wildman–Crippen MR) is 117 cm³/mol. The van der Waals surface area contributed by atoms with Crippen LogP contribution >= 0.6 is 11.6 Å². The van der Waals surface area contributed by atoms with E-state index in [1.807, 2.05) is 24.4 Å². The zero-order chi connectivity index (χ0) is 20.1. The Morgan fingerprint density at radius 2 is 1.93 bits per heavy atom. The number of methoxy groups -OCH3 is 1. The summed E-state index contributed by atoms with van der Waals surface area (Å²) in [5.41, 5.74) is 1.31. The SMILES string of the molecule is COCC1CN(C2CCN(c3ccccn3)CC2)[C@@H](Cc2ccc(Cl)cc2)CO1. The molecule has 2 saturated heterocycles. The minimum Gasteiger partial charge on any atom is -0.382 e. The summed E-state index contributed by atoms with van der Waals surface area (Å²) in [7, 11) is 1.75. The Balaban J connectivity index is 1.42. The maximum absolute atomic E-state index is 6.13. The molecule has 2 fully saturated rings. The number of rotatable bonds is 6. The maximum atomic E-state index is 6.13. The number of pyridine rings is 1. The van der Waals surface area contributed by atoms with Crippen LogP contribution in [0.3, 0.4) is 0 Å². The van der Waals surface area contributed by atoms with Crippen molar-refractivity contribution in [2.24, 2.45) is 0 Å². The van der Waals surface area contributed by atoms with Crippen LogP contribution in [-0.2, 0) is 15.9 Å². The van der Waals surface area contributed by atoms with Crippen LogP contribution in [0.1, 0.15) is 18.4 Å². The van der Waals surface area contributed by atoms with E-state index in [0.29, 0.717) is 18.7 Å². The fourth-order valence-electron chi connectivity index (χ4n) is 4.55. The Bertz CT molecular complexity index is 750. The lowest BCUT2D eigenvalue weighted by atomic mass is 9.96. The first kappa shape index (κ1) is 20.6. The van der Waals surface area contributed by atoms with E-state index in [2.05, 4.69) is 39.0 Å². The zero-order valence-corrected chi connectivity index (χ0v) is 17.8. The van der Waals surface area contributed by atoms with Gasteiger partial charge in [0.05, 0.1) is 19.3 Å². The average molecular weight is 416 g/mol. The van der Waals surface area contributed by atoms with Crippen molar-refractivity contribution in [3.63, 3.8) is 0 Å². The number of hydrogen-bond acceptors (Lipinski definition) is 5. The number of aromatic nitrogens is 1. The van der Waals surface area contributed by atoms with Gasteiger partial charge in [0.15, 0.2) is 0 Å². The molecule has 5 nitrogen and oxygen atoms in total. The molecule has 2 aliphatic rings. The van der Waals surface area contributed by atoms with Gasteiger partial charge in [-0.25, -0.2) is 4.98 Å². The first-order chi connectivity index (χ1) is 14.2. The van der Waals surface area contributed by atoms with E-state index < -0.39 is 0 Å². The minimum atomic E-state index is 0.148. The van der Waals surface area contributed by atoms with Gasteiger partial charge in [0.25, 0.3) is 0 Å². The van der Waals surface area contributed by atoms with Crippen LogP contribution in [0.4, 0.5) is 5.82 Å². The quantitative estimate of drug-likeness (QED) is 0.719. The summed E-state index contributed by atoms with van der Waals surface area (Å²) in [6.45, 7) is 4.41. The Morgan fingerprint density at radius 3 is 2.62 bits per heavy atom. The summed E-state index contributed by atoms with van der Waals surface area (Å²) in [5, 5.41) is 0.785.